The third kappa shape index (κ3) is 4.41. The Hall–Kier alpha value is -0.650. The van der Waals surface area contributed by atoms with Gasteiger partial charge in [0.25, 0.3) is 0 Å². The Morgan fingerprint density at radius 3 is 2.57 bits per heavy atom. The largest absolute Gasteiger partial charge is 0.368 e. The second-order valence-corrected chi connectivity index (χ2v) is 7.02. The summed E-state index contributed by atoms with van der Waals surface area (Å²) in [5.41, 5.74) is 5.51. The molecule has 2 atom stereocenters. The number of nitrogens with two attached hydrogens (primary N) is 1. The van der Waals surface area contributed by atoms with E-state index in [1.54, 1.807) is 0 Å². The van der Waals surface area contributed by atoms with Gasteiger partial charge in [-0.2, -0.15) is 0 Å². The van der Waals surface area contributed by atoms with Crippen molar-refractivity contribution in [2.24, 2.45) is 5.73 Å². The molecule has 0 aromatic heterocycles. The highest BCUT2D eigenvalue weighted by Gasteiger charge is 2.30. The van der Waals surface area contributed by atoms with E-state index in [9.17, 15) is 4.79 Å². The number of hydrogen-bond acceptors (Lipinski definition) is 4. The number of carbonyl (C=O) groups excluding carboxylic acids is 1. The lowest BCUT2D eigenvalue weighted by Gasteiger charge is -2.32. The van der Waals surface area contributed by atoms with Gasteiger partial charge in [-0.1, -0.05) is 6.42 Å². The predicted molar refractivity (Wildman–Crippen MR) is 84.0 cm³/mol. The highest BCUT2D eigenvalue weighted by atomic mass is 16.1. The molecule has 120 valence electrons. The number of likely N-dealkylation sites (tertiary alicyclic amines) is 2. The fraction of sp³-hybridized carbons (Fsp3) is 0.938. The molecular formula is C16H30N4O. The zero-order valence-corrected chi connectivity index (χ0v) is 13.1. The van der Waals surface area contributed by atoms with Gasteiger partial charge in [0, 0.05) is 25.2 Å². The quantitative estimate of drug-likeness (QED) is 0.719. The van der Waals surface area contributed by atoms with Crippen LogP contribution in [0.4, 0.5) is 0 Å². The molecule has 0 aromatic carbocycles. The first-order valence-corrected chi connectivity index (χ1v) is 8.74. The van der Waals surface area contributed by atoms with Gasteiger partial charge >= 0.3 is 0 Å². The van der Waals surface area contributed by atoms with Crippen LogP contribution in [0.25, 0.3) is 0 Å². The maximum absolute atomic E-state index is 11.5. The van der Waals surface area contributed by atoms with Crippen LogP contribution in [0.5, 0.6) is 0 Å². The van der Waals surface area contributed by atoms with Gasteiger partial charge in [-0.25, -0.2) is 0 Å². The van der Waals surface area contributed by atoms with Crippen molar-refractivity contribution in [3.63, 3.8) is 0 Å². The summed E-state index contributed by atoms with van der Waals surface area (Å²) >= 11 is 0. The highest BCUT2D eigenvalue weighted by molar-refractivity contribution is 5.79. The van der Waals surface area contributed by atoms with E-state index in [4.69, 9.17) is 5.73 Å². The Morgan fingerprint density at radius 2 is 1.90 bits per heavy atom. The first-order valence-electron chi connectivity index (χ1n) is 8.74. The van der Waals surface area contributed by atoms with Crippen LogP contribution in [-0.2, 0) is 4.79 Å². The normalized spacial score (nSPS) is 29.6. The number of nitrogens with one attached hydrogen (secondary N) is 1. The number of nitrogens with zero attached hydrogens (tertiary/aromatic N) is 2. The van der Waals surface area contributed by atoms with Crippen LogP contribution in [0.15, 0.2) is 0 Å². The number of rotatable bonds is 7. The molecule has 2 unspecified atom stereocenters. The van der Waals surface area contributed by atoms with Crippen molar-refractivity contribution in [3.05, 3.63) is 0 Å². The maximum atomic E-state index is 11.5. The van der Waals surface area contributed by atoms with Gasteiger partial charge < -0.3 is 16.0 Å². The van der Waals surface area contributed by atoms with Crippen molar-refractivity contribution in [2.75, 3.05) is 32.7 Å². The molecule has 2 saturated heterocycles. The van der Waals surface area contributed by atoms with Crippen molar-refractivity contribution < 1.29 is 4.79 Å². The summed E-state index contributed by atoms with van der Waals surface area (Å²) in [6.07, 6.45) is 8.68. The molecule has 3 fully saturated rings. The molecule has 3 rings (SSSR count). The summed E-state index contributed by atoms with van der Waals surface area (Å²) in [4.78, 5) is 16.7. The molecule has 1 amide bonds. The van der Waals surface area contributed by atoms with Gasteiger partial charge in [0.05, 0.1) is 6.04 Å². The molecule has 0 spiro atoms. The monoisotopic (exact) mass is 294 g/mol. The van der Waals surface area contributed by atoms with Crippen molar-refractivity contribution >= 4 is 5.91 Å². The van der Waals surface area contributed by atoms with Crippen LogP contribution in [0, 0.1) is 0 Å². The number of primary amides is 1. The molecule has 2 aliphatic heterocycles. The topological polar surface area (TPSA) is 61.6 Å². The molecule has 2 heterocycles. The van der Waals surface area contributed by atoms with Crippen molar-refractivity contribution in [2.45, 2.75) is 63.1 Å². The molecule has 0 aromatic rings. The van der Waals surface area contributed by atoms with Gasteiger partial charge in [0.2, 0.25) is 5.91 Å². The standard InChI is InChI=1S/C16H30N4O/c17-16(21)15(18-13-4-5-13)7-11-19-10-6-14(12-19)20-8-2-1-3-9-20/h13-15,18H,1-12H2,(H2,17,21). The van der Waals surface area contributed by atoms with Crippen LogP contribution in [-0.4, -0.2) is 66.6 Å². The van der Waals surface area contributed by atoms with E-state index in [0.717, 1.165) is 19.0 Å². The summed E-state index contributed by atoms with van der Waals surface area (Å²) in [6.45, 7) is 5.92. The molecule has 0 bridgehead atoms. The third-order valence-electron chi connectivity index (χ3n) is 5.25. The average molecular weight is 294 g/mol. The van der Waals surface area contributed by atoms with Crippen LogP contribution in [0.1, 0.15) is 44.9 Å². The fourth-order valence-corrected chi connectivity index (χ4v) is 3.75. The second-order valence-electron chi connectivity index (χ2n) is 7.02. The van der Waals surface area contributed by atoms with E-state index in [-0.39, 0.29) is 11.9 Å². The predicted octanol–water partition coefficient (Wildman–Crippen LogP) is 0.543. The molecule has 3 aliphatic rings. The molecule has 21 heavy (non-hydrogen) atoms. The van der Waals surface area contributed by atoms with Crippen molar-refractivity contribution in [3.8, 4) is 0 Å². The number of amides is 1. The van der Waals surface area contributed by atoms with Gasteiger partial charge in [-0.15, -0.1) is 0 Å². The lowest BCUT2D eigenvalue weighted by molar-refractivity contribution is -0.120. The van der Waals surface area contributed by atoms with E-state index < -0.39 is 0 Å². The van der Waals surface area contributed by atoms with Gasteiger partial charge in [0.1, 0.15) is 0 Å². The summed E-state index contributed by atoms with van der Waals surface area (Å²) in [6, 6.07) is 1.16. The van der Waals surface area contributed by atoms with Crippen LogP contribution in [0.3, 0.4) is 0 Å². The average Bonchev–Trinajstić information content (AvgIpc) is 3.19. The second kappa shape index (κ2) is 7.07. The van der Waals surface area contributed by atoms with E-state index in [0.29, 0.717) is 6.04 Å². The fourth-order valence-electron chi connectivity index (χ4n) is 3.75. The van der Waals surface area contributed by atoms with E-state index in [2.05, 4.69) is 15.1 Å². The van der Waals surface area contributed by atoms with Gasteiger partial charge in [-0.05, 0) is 58.2 Å². The highest BCUT2D eigenvalue weighted by Crippen LogP contribution is 2.22. The third-order valence-corrected chi connectivity index (χ3v) is 5.25. The SMILES string of the molecule is NC(=O)C(CCN1CCC(N2CCCCC2)C1)NC1CC1. The Labute approximate surface area is 128 Å². The number of piperidine rings is 1. The van der Waals surface area contributed by atoms with Crippen molar-refractivity contribution in [1.29, 1.82) is 0 Å². The zero-order valence-electron chi connectivity index (χ0n) is 13.1. The Bertz CT molecular complexity index is 352. The minimum atomic E-state index is -0.186. The molecule has 5 heteroatoms. The molecular weight excluding hydrogens is 264 g/mol. The molecule has 1 saturated carbocycles. The molecule has 3 N–H and O–H groups in total. The Morgan fingerprint density at radius 1 is 1.14 bits per heavy atom. The van der Waals surface area contributed by atoms with E-state index in [1.807, 2.05) is 0 Å². The lowest BCUT2D eigenvalue weighted by Crippen LogP contribution is -2.45. The van der Waals surface area contributed by atoms with Crippen LogP contribution in [0.2, 0.25) is 0 Å². The Balaban J connectivity index is 1.40. The summed E-state index contributed by atoms with van der Waals surface area (Å²) in [5, 5.41) is 3.38. The molecule has 0 radical (unpaired) electrons. The Kier molecular flexibility index (Phi) is 5.14. The first-order chi connectivity index (χ1) is 10.2. The summed E-state index contributed by atoms with van der Waals surface area (Å²) in [7, 11) is 0. The van der Waals surface area contributed by atoms with Crippen LogP contribution < -0.4 is 11.1 Å². The lowest BCUT2D eigenvalue weighted by atomic mass is 10.1. The zero-order chi connectivity index (χ0) is 14.7. The summed E-state index contributed by atoms with van der Waals surface area (Å²) in [5.74, 6) is -0.186. The smallest absolute Gasteiger partial charge is 0.234 e. The number of carbonyl (C=O) groups is 1. The van der Waals surface area contributed by atoms with E-state index in [1.165, 1.54) is 64.7 Å². The van der Waals surface area contributed by atoms with Crippen LogP contribution >= 0.6 is 0 Å². The maximum Gasteiger partial charge on any atom is 0.234 e. The number of hydrogen-bond donors (Lipinski definition) is 2. The minimum Gasteiger partial charge on any atom is -0.368 e. The van der Waals surface area contributed by atoms with Gasteiger partial charge in [-0.3, -0.25) is 9.69 Å². The first kappa shape index (κ1) is 15.3. The van der Waals surface area contributed by atoms with Gasteiger partial charge in [0.15, 0.2) is 0 Å². The van der Waals surface area contributed by atoms with Crippen molar-refractivity contribution in [1.82, 2.24) is 15.1 Å². The minimum absolute atomic E-state index is 0.133. The molecule has 1 aliphatic carbocycles. The van der Waals surface area contributed by atoms with E-state index >= 15 is 0 Å². The summed E-state index contributed by atoms with van der Waals surface area (Å²) < 4.78 is 0. The molecule has 5 nitrogen and oxygen atoms in total.